The molecule has 1 aromatic rings. The lowest BCUT2D eigenvalue weighted by Crippen LogP contribution is -2.32. The second-order valence-corrected chi connectivity index (χ2v) is 6.35. The van der Waals surface area contributed by atoms with E-state index in [1.807, 2.05) is 18.7 Å². The fourth-order valence-electron chi connectivity index (χ4n) is 2.26. The Morgan fingerprint density at radius 3 is 2.85 bits per heavy atom. The summed E-state index contributed by atoms with van der Waals surface area (Å²) in [6.07, 6.45) is 0.368. The molecule has 1 aliphatic rings. The van der Waals surface area contributed by atoms with Gasteiger partial charge in [0.15, 0.2) is 0 Å². The van der Waals surface area contributed by atoms with Crippen LogP contribution in [0.5, 0.6) is 0 Å². The second-order valence-electron chi connectivity index (χ2n) is 5.12. The molecular formula is C15H23N3OS. The van der Waals surface area contributed by atoms with Crippen LogP contribution in [0.25, 0.3) is 0 Å². The minimum Gasteiger partial charge on any atom is -0.330 e. The molecule has 0 aromatic heterocycles. The van der Waals surface area contributed by atoms with E-state index < -0.39 is 0 Å². The molecule has 1 heterocycles. The molecule has 0 unspecified atom stereocenters. The highest BCUT2D eigenvalue weighted by Gasteiger charge is 2.12. The third-order valence-corrected chi connectivity index (χ3v) is 4.40. The van der Waals surface area contributed by atoms with Crippen LogP contribution in [0.3, 0.4) is 0 Å². The molecular weight excluding hydrogens is 270 g/mol. The van der Waals surface area contributed by atoms with Gasteiger partial charge in [0.25, 0.3) is 0 Å². The van der Waals surface area contributed by atoms with Crippen LogP contribution in [0.4, 0.5) is 5.69 Å². The van der Waals surface area contributed by atoms with Crippen molar-refractivity contribution in [2.75, 3.05) is 36.5 Å². The van der Waals surface area contributed by atoms with Crippen molar-refractivity contribution in [3.63, 3.8) is 0 Å². The SMILES string of the molecule is Cc1ccc(CN2CCSCC2)cc1NC(=O)CCN. The first kappa shape index (κ1) is 15.4. The zero-order chi connectivity index (χ0) is 14.4. The summed E-state index contributed by atoms with van der Waals surface area (Å²) in [7, 11) is 0. The van der Waals surface area contributed by atoms with Gasteiger partial charge in [0.1, 0.15) is 0 Å². The number of rotatable bonds is 5. The number of thioether (sulfide) groups is 1. The lowest BCUT2D eigenvalue weighted by atomic mass is 10.1. The molecule has 1 aliphatic heterocycles. The van der Waals surface area contributed by atoms with Crippen LogP contribution in [0, 0.1) is 6.92 Å². The summed E-state index contributed by atoms with van der Waals surface area (Å²) in [5.41, 5.74) is 8.66. The summed E-state index contributed by atoms with van der Waals surface area (Å²) >= 11 is 2.02. The Hall–Kier alpha value is -1.04. The van der Waals surface area contributed by atoms with Crippen LogP contribution in [-0.4, -0.2) is 41.9 Å². The first-order valence-corrected chi connectivity index (χ1v) is 8.24. The molecule has 0 spiro atoms. The summed E-state index contributed by atoms with van der Waals surface area (Å²) in [4.78, 5) is 14.1. The summed E-state index contributed by atoms with van der Waals surface area (Å²) in [6, 6.07) is 6.31. The summed E-state index contributed by atoms with van der Waals surface area (Å²) < 4.78 is 0. The van der Waals surface area contributed by atoms with Crippen molar-refractivity contribution in [3.8, 4) is 0 Å². The zero-order valence-corrected chi connectivity index (χ0v) is 12.8. The number of aryl methyl sites for hydroxylation is 1. The van der Waals surface area contributed by atoms with Gasteiger partial charge < -0.3 is 11.1 Å². The highest BCUT2D eigenvalue weighted by atomic mass is 32.2. The van der Waals surface area contributed by atoms with Crippen molar-refractivity contribution in [2.24, 2.45) is 5.73 Å². The Balaban J connectivity index is 2.01. The van der Waals surface area contributed by atoms with Gasteiger partial charge in [-0.15, -0.1) is 0 Å². The van der Waals surface area contributed by atoms with Crippen molar-refractivity contribution in [1.82, 2.24) is 4.90 Å². The molecule has 2 rings (SSSR count). The smallest absolute Gasteiger partial charge is 0.225 e. The highest BCUT2D eigenvalue weighted by molar-refractivity contribution is 7.99. The highest BCUT2D eigenvalue weighted by Crippen LogP contribution is 2.19. The number of nitrogens with one attached hydrogen (secondary N) is 1. The maximum Gasteiger partial charge on any atom is 0.225 e. The normalized spacial score (nSPS) is 16.1. The number of benzene rings is 1. The molecule has 4 nitrogen and oxygen atoms in total. The number of carbonyl (C=O) groups is 1. The van der Waals surface area contributed by atoms with E-state index in [1.165, 1.54) is 17.1 Å². The Morgan fingerprint density at radius 1 is 1.40 bits per heavy atom. The third kappa shape index (κ3) is 4.51. The van der Waals surface area contributed by atoms with Crippen molar-refractivity contribution in [3.05, 3.63) is 29.3 Å². The molecule has 5 heteroatoms. The predicted molar refractivity (Wildman–Crippen MR) is 86.1 cm³/mol. The standard InChI is InChI=1S/C15H23N3OS/c1-12-2-3-13(11-18-6-8-20-9-7-18)10-14(12)17-15(19)4-5-16/h2-3,10H,4-9,11,16H2,1H3,(H,17,19). The maximum atomic E-state index is 11.7. The summed E-state index contributed by atoms with van der Waals surface area (Å²) in [5.74, 6) is 2.42. The Morgan fingerprint density at radius 2 is 2.15 bits per heavy atom. The van der Waals surface area contributed by atoms with Gasteiger partial charge in [-0.05, 0) is 24.1 Å². The summed E-state index contributed by atoms with van der Waals surface area (Å²) in [6.45, 7) is 5.65. The molecule has 0 saturated carbocycles. The van der Waals surface area contributed by atoms with Crippen molar-refractivity contribution < 1.29 is 4.79 Å². The number of nitrogens with zero attached hydrogens (tertiary/aromatic N) is 1. The molecule has 1 aromatic carbocycles. The van der Waals surface area contributed by atoms with E-state index in [0.717, 1.165) is 30.9 Å². The van der Waals surface area contributed by atoms with Crippen molar-refractivity contribution in [2.45, 2.75) is 19.9 Å². The number of amides is 1. The van der Waals surface area contributed by atoms with E-state index >= 15 is 0 Å². The average Bonchev–Trinajstić information content (AvgIpc) is 2.44. The van der Waals surface area contributed by atoms with Gasteiger partial charge in [-0.25, -0.2) is 0 Å². The largest absolute Gasteiger partial charge is 0.330 e. The molecule has 0 aliphatic carbocycles. The second kappa shape index (κ2) is 7.67. The van der Waals surface area contributed by atoms with E-state index in [-0.39, 0.29) is 5.91 Å². The number of hydrogen-bond acceptors (Lipinski definition) is 4. The molecule has 110 valence electrons. The fourth-order valence-corrected chi connectivity index (χ4v) is 3.24. The van der Waals surface area contributed by atoms with E-state index in [9.17, 15) is 4.79 Å². The van der Waals surface area contributed by atoms with Crippen LogP contribution in [-0.2, 0) is 11.3 Å². The monoisotopic (exact) mass is 293 g/mol. The third-order valence-electron chi connectivity index (χ3n) is 3.46. The Kier molecular flexibility index (Phi) is 5.88. The Bertz CT molecular complexity index is 458. The number of nitrogens with two attached hydrogens (primary N) is 1. The minimum absolute atomic E-state index is 0.0119. The molecule has 1 saturated heterocycles. The molecule has 0 bridgehead atoms. The molecule has 20 heavy (non-hydrogen) atoms. The first-order valence-electron chi connectivity index (χ1n) is 7.08. The zero-order valence-electron chi connectivity index (χ0n) is 12.0. The molecule has 1 fully saturated rings. The van der Waals surface area contributed by atoms with E-state index in [0.29, 0.717) is 13.0 Å². The van der Waals surface area contributed by atoms with Gasteiger partial charge in [-0.3, -0.25) is 9.69 Å². The quantitative estimate of drug-likeness (QED) is 0.869. The van der Waals surface area contributed by atoms with Gasteiger partial charge in [-0.1, -0.05) is 12.1 Å². The lowest BCUT2D eigenvalue weighted by molar-refractivity contribution is -0.116. The fraction of sp³-hybridized carbons (Fsp3) is 0.533. The van der Waals surface area contributed by atoms with Crippen LogP contribution >= 0.6 is 11.8 Å². The first-order chi connectivity index (χ1) is 9.69. The van der Waals surface area contributed by atoms with E-state index in [2.05, 4.69) is 28.4 Å². The van der Waals surface area contributed by atoms with Gasteiger partial charge in [0.2, 0.25) is 5.91 Å². The van der Waals surface area contributed by atoms with E-state index in [1.54, 1.807) is 0 Å². The van der Waals surface area contributed by atoms with Gasteiger partial charge in [-0.2, -0.15) is 11.8 Å². The summed E-state index contributed by atoms with van der Waals surface area (Å²) in [5, 5.41) is 2.95. The van der Waals surface area contributed by atoms with Crippen molar-refractivity contribution >= 4 is 23.4 Å². The van der Waals surface area contributed by atoms with Crippen molar-refractivity contribution in [1.29, 1.82) is 0 Å². The number of carbonyl (C=O) groups excluding carboxylic acids is 1. The topological polar surface area (TPSA) is 58.4 Å². The lowest BCUT2D eigenvalue weighted by Gasteiger charge is -2.26. The van der Waals surface area contributed by atoms with Crippen LogP contribution in [0.1, 0.15) is 17.5 Å². The number of hydrogen-bond donors (Lipinski definition) is 2. The van der Waals surface area contributed by atoms with Gasteiger partial charge >= 0.3 is 0 Å². The Labute approximate surface area is 125 Å². The predicted octanol–water partition coefficient (Wildman–Crippen LogP) is 1.83. The molecule has 3 N–H and O–H groups in total. The molecule has 0 radical (unpaired) electrons. The van der Waals surface area contributed by atoms with Crippen LogP contribution in [0.2, 0.25) is 0 Å². The molecule has 0 atom stereocenters. The molecule has 1 amide bonds. The maximum absolute atomic E-state index is 11.7. The average molecular weight is 293 g/mol. The van der Waals surface area contributed by atoms with Gasteiger partial charge in [0, 0.05) is 49.8 Å². The van der Waals surface area contributed by atoms with Gasteiger partial charge in [0.05, 0.1) is 0 Å². The van der Waals surface area contributed by atoms with E-state index in [4.69, 9.17) is 5.73 Å². The number of anilines is 1. The van der Waals surface area contributed by atoms with Crippen LogP contribution in [0.15, 0.2) is 18.2 Å². The minimum atomic E-state index is -0.0119. The van der Waals surface area contributed by atoms with Crippen LogP contribution < -0.4 is 11.1 Å².